The second kappa shape index (κ2) is 7.40. The van der Waals surface area contributed by atoms with Crippen molar-refractivity contribution >= 4 is 33.2 Å². The number of halogens is 1. The number of nitrogens with one attached hydrogen (secondary N) is 1. The van der Waals surface area contributed by atoms with Crippen LogP contribution in [0.15, 0.2) is 59.3 Å². The molecule has 0 radical (unpaired) electrons. The number of nitrogens with zero attached hydrogens (tertiary/aromatic N) is 3. The predicted molar refractivity (Wildman–Crippen MR) is 101 cm³/mol. The number of amides is 1. The van der Waals surface area contributed by atoms with Crippen LogP contribution in [-0.4, -0.2) is 20.8 Å². The quantitative estimate of drug-likeness (QED) is 0.506. The average Bonchev–Trinajstić information content (AvgIpc) is 2.61. The average molecular weight is 413 g/mol. The Hall–Kier alpha value is -3.13. The van der Waals surface area contributed by atoms with Crippen molar-refractivity contribution in [1.82, 2.24) is 9.97 Å². The normalized spacial score (nSPS) is 10.4. The number of carbonyl (C=O) groups excluding carboxylic acids is 1. The molecule has 0 fully saturated rings. The van der Waals surface area contributed by atoms with E-state index >= 15 is 0 Å². The van der Waals surface area contributed by atoms with E-state index in [0.717, 1.165) is 21.9 Å². The van der Waals surface area contributed by atoms with Crippen molar-refractivity contribution in [3.05, 3.63) is 80.7 Å². The van der Waals surface area contributed by atoms with Crippen LogP contribution in [0.25, 0.3) is 11.3 Å². The third kappa shape index (κ3) is 3.75. The summed E-state index contributed by atoms with van der Waals surface area (Å²) in [5.74, 6) is -0.468. The Kier molecular flexibility index (Phi) is 5.04. The Morgan fingerprint density at radius 3 is 2.73 bits per heavy atom. The highest BCUT2D eigenvalue weighted by Gasteiger charge is 2.18. The van der Waals surface area contributed by atoms with Gasteiger partial charge in [-0.15, -0.1) is 0 Å². The van der Waals surface area contributed by atoms with Crippen LogP contribution in [0.2, 0.25) is 0 Å². The van der Waals surface area contributed by atoms with Crippen LogP contribution in [-0.2, 0) is 0 Å². The van der Waals surface area contributed by atoms with Crippen molar-refractivity contribution in [3.63, 3.8) is 0 Å². The molecule has 2 aromatic heterocycles. The first-order chi connectivity index (χ1) is 12.5. The van der Waals surface area contributed by atoms with E-state index in [0.29, 0.717) is 11.3 Å². The van der Waals surface area contributed by atoms with Gasteiger partial charge >= 0.3 is 5.69 Å². The number of nitro groups is 1. The summed E-state index contributed by atoms with van der Waals surface area (Å²) in [6, 6.07) is 12.5. The molecule has 1 aromatic carbocycles. The number of rotatable bonds is 4. The van der Waals surface area contributed by atoms with Gasteiger partial charge in [0.1, 0.15) is 11.9 Å². The Morgan fingerprint density at radius 2 is 2.04 bits per heavy atom. The lowest BCUT2D eigenvalue weighted by Gasteiger charge is -2.09. The molecule has 0 bridgehead atoms. The Labute approximate surface area is 157 Å². The summed E-state index contributed by atoms with van der Waals surface area (Å²) in [4.78, 5) is 31.1. The molecule has 3 aromatic rings. The van der Waals surface area contributed by atoms with Crippen molar-refractivity contribution < 1.29 is 9.72 Å². The van der Waals surface area contributed by atoms with Crippen molar-refractivity contribution in [2.75, 3.05) is 5.32 Å². The number of benzene rings is 1. The maximum Gasteiger partial charge on any atom is 0.310 e. The van der Waals surface area contributed by atoms with Gasteiger partial charge in [-0.05, 0) is 37.3 Å². The van der Waals surface area contributed by atoms with E-state index in [4.69, 9.17) is 0 Å². The number of hydrogen-bond donors (Lipinski definition) is 1. The van der Waals surface area contributed by atoms with Crippen molar-refractivity contribution in [2.45, 2.75) is 6.92 Å². The van der Waals surface area contributed by atoms with Crippen molar-refractivity contribution in [2.24, 2.45) is 0 Å². The zero-order valence-electron chi connectivity index (χ0n) is 13.6. The van der Waals surface area contributed by atoms with Crippen LogP contribution in [0.3, 0.4) is 0 Å². The molecule has 0 aliphatic heterocycles. The molecule has 0 unspecified atom stereocenters. The van der Waals surface area contributed by atoms with E-state index in [2.05, 4.69) is 31.2 Å². The summed E-state index contributed by atoms with van der Waals surface area (Å²) in [5.41, 5.74) is 2.34. The van der Waals surface area contributed by atoms with Crippen LogP contribution in [0.1, 0.15) is 16.1 Å². The third-order valence-corrected chi connectivity index (χ3v) is 4.19. The number of hydrogen-bond acceptors (Lipinski definition) is 5. The van der Waals surface area contributed by atoms with Gasteiger partial charge in [-0.2, -0.15) is 0 Å². The lowest BCUT2D eigenvalue weighted by atomic mass is 10.1. The van der Waals surface area contributed by atoms with E-state index in [1.165, 1.54) is 12.3 Å². The highest BCUT2D eigenvalue weighted by Crippen LogP contribution is 2.25. The predicted octanol–water partition coefficient (Wildman–Crippen LogP) is 4.38. The van der Waals surface area contributed by atoms with Crippen LogP contribution in [0, 0.1) is 17.0 Å². The lowest BCUT2D eigenvalue weighted by Crippen LogP contribution is -2.15. The fourth-order valence-electron chi connectivity index (χ4n) is 2.44. The Bertz CT molecular complexity index is 1010. The fraction of sp³-hybridized carbons (Fsp3) is 0.0556. The van der Waals surface area contributed by atoms with Gasteiger partial charge in [0.05, 0.1) is 21.9 Å². The molecule has 2 heterocycles. The molecule has 8 heteroatoms. The maximum atomic E-state index is 12.5. The molecular formula is C18H13BrN4O3. The van der Waals surface area contributed by atoms with Gasteiger partial charge in [-0.3, -0.25) is 24.9 Å². The molecule has 3 rings (SSSR count). The van der Waals surface area contributed by atoms with Crippen LogP contribution in [0.4, 0.5) is 11.4 Å². The second-order valence-electron chi connectivity index (χ2n) is 5.44. The SMILES string of the molecule is Cc1nc(-c2cccc(Br)c2)ccc1C(=O)Nc1ccncc1[N+](=O)[O-]. The monoisotopic (exact) mass is 412 g/mol. The highest BCUT2D eigenvalue weighted by molar-refractivity contribution is 9.10. The zero-order chi connectivity index (χ0) is 18.7. The van der Waals surface area contributed by atoms with E-state index < -0.39 is 10.8 Å². The summed E-state index contributed by atoms with van der Waals surface area (Å²) in [5, 5.41) is 13.6. The lowest BCUT2D eigenvalue weighted by molar-refractivity contribution is -0.384. The topological polar surface area (TPSA) is 98.0 Å². The first-order valence-corrected chi connectivity index (χ1v) is 8.38. The first-order valence-electron chi connectivity index (χ1n) is 7.59. The Balaban J connectivity index is 1.88. The maximum absolute atomic E-state index is 12.5. The summed E-state index contributed by atoms with van der Waals surface area (Å²) in [6.07, 6.45) is 2.47. The third-order valence-electron chi connectivity index (χ3n) is 3.70. The van der Waals surface area contributed by atoms with Gasteiger partial charge in [-0.1, -0.05) is 28.1 Å². The molecule has 0 aliphatic carbocycles. The minimum absolute atomic E-state index is 0.0884. The summed E-state index contributed by atoms with van der Waals surface area (Å²) < 4.78 is 0.932. The molecule has 1 amide bonds. The molecule has 0 aliphatic rings. The van der Waals surface area contributed by atoms with E-state index in [1.54, 1.807) is 19.1 Å². The Morgan fingerprint density at radius 1 is 1.23 bits per heavy atom. The summed E-state index contributed by atoms with van der Waals surface area (Å²) >= 11 is 3.42. The van der Waals surface area contributed by atoms with Gasteiger partial charge in [0, 0.05) is 16.2 Å². The van der Waals surface area contributed by atoms with E-state index in [-0.39, 0.29) is 11.4 Å². The molecule has 0 atom stereocenters. The van der Waals surface area contributed by atoms with E-state index in [9.17, 15) is 14.9 Å². The molecule has 7 nitrogen and oxygen atoms in total. The number of pyridine rings is 2. The standard InChI is InChI=1S/C18H13BrN4O3/c1-11-14(5-6-15(21-11)12-3-2-4-13(19)9-12)18(24)22-16-7-8-20-10-17(16)23(25)26/h2-10H,1H3,(H,20,22,24). The van der Waals surface area contributed by atoms with Crippen LogP contribution >= 0.6 is 15.9 Å². The first kappa shape index (κ1) is 17.7. The molecule has 0 saturated heterocycles. The van der Waals surface area contributed by atoms with Crippen molar-refractivity contribution in [1.29, 1.82) is 0 Å². The zero-order valence-corrected chi connectivity index (χ0v) is 15.2. The van der Waals surface area contributed by atoms with Gasteiger partial charge in [0.25, 0.3) is 5.91 Å². The smallest absolute Gasteiger partial charge is 0.310 e. The number of aryl methyl sites for hydroxylation is 1. The summed E-state index contributed by atoms with van der Waals surface area (Å²) in [6.45, 7) is 1.72. The molecule has 26 heavy (non-hydrogen) atoms. The van der Waals surface area contributed by atoms with E-state index in [1.807, 2.05) is 24.3 Å². The fourth-order valence-corrected chi connectivity index (χ4v) is 2.84. The number of aromatic nitrogens is 2. The van der Waals surface area contributed by atoms with Gasteiger partial charge in [0.2, 0.25) is 0 Å². The van der Waals surface area contributed by atoms with Gasteiger partial charge < -0.3 is 5.32 Å². The minimum Gasteiger partial charge on any atom is -0.316 e. The highest BCUT2D eigenvalue weighted by atomic mass is 79.9. The molecular weight excluding hydrogens is 400 g/mol. The molecule has 0 saturated carbocycles. The molecule has 0 spiro atoms. The van der Waals surface area contributed by atoms with Gasteiger partial charge in [-0.25, -0.2) is 0 Å². The molecule has 1 N–H and O–H groups in total. The summed E-state index contributed by atoms with van der Waals surface area (Å²) in [7, 11) is 0. The van der Waals surface area contributed by atoms with Crippen molar-refractivity contribution in [3.8, 4) is 11.3 Å². The second-order valence-corrected chi connectivity index (χ2v) is 6.36. The van der Waals surface area contributed by atoms with Gasteiger partial charge in [0.15, 0.2) is 0 Å². The number of carbonyl (C=O) groups is 1. The number of anilines is 1. The van der Waals surface area contributed by atoms with Crippen LogP contribution < -0.4 is 5.32 Å². The van der Waals surface area contributed by atoms with Crippen LogP contribution in [0.5, 0.6) is 0 Å². The largest absolute Gasteiger partial charge is 0.316 e. The minimum atomic E-state index is -0.593. The molecule has 130 valence electrons.